The van der Waals surface area contributed by atoms with Gasteiger partial charge in [0.05, 0.1) is 30.6 Å². The van der Waals surface area contributed by atoms with Crippen molar-refractivity contribution < 1.29 is 37.4 Å². The van der Waals surface area contributed by atoms with Gasteiger partial charge in [-0.25, -0.2) is 22.9 Å². The monoisotopic (exact) mass is 619 g/mol. The molecule has 0 aliphatic carbocycles. The van der Waals surface area contributed by atoms with Crippen LogP contribution in [-0.4, -0.2) is 88.3 Å². The Kier molecular flexibility index (Phi) is 8.61. The Morgan fingerprint density at radius 1 is 1.30 bits per heavy atom. The Bertz CT molecular complexity index is 1480. The zero-order valence-corrected chi connectivity index (χ0v) is 24.7. The molecular weight excluding hydrogens is 587 g/mol. The fourth-order valence-corrected chi connectivity index (χ4v) is 6.57. The summed E-state index contributed by atoms with van der Waals surface area (Å²) in [7, 11) is 0. The molecule has 4 heterocycles. The minimum Gasteiger partial charge on any atom is -0.481 e. The zero-order valence-electron chi connectivity index (χ0n) is 23.8. The lowest BCUT2D eigenvalue weighted by atomic mass is 9.92. The van der Waals surface area contributed by atoms with Gasteiger partial charge in [0.1, 0.15) is 17.9 Å². The van der Waals surface area contributed by atoms with Crippen LogP contribution in [0.2, 0.25) is 0 Å². The van der Waals surface area contributed by atoms with Gasteiger partial charge in [0, 0.05) is 36.9 Å². The number of amides is 1. The molecule has 230 valence electrons. The lowest BCUT2D eigenvalue weighted by Gasteiger charge is -2.31. The van der Waals surface area contributed by atoms with E-state index in [1.165, 1.54) is 33.3 Å². The summed E-state index contributed by atoms with van der Waals surface area (Å²) >= 11 is 1.27. The van der Waals surface area contributed by atoms with E-state index in [1.807, 2.05) is 0 Å². The molecule has 43 heavy (non-hydrogen) atoms. The Balaban J connectivity index is 1.56. The number of alkyl halides is 2. The number of aliphatic imine (C=N–C) groups is 1. The van der Waals surface area contributed by atoms with Crippen LogP contribution in [0, 0.1) is 24.6 Å². The zero-order chi connectivity index (χ0) is 31.1. The number of hydrogen-bond acceptors (Lipinski definition) is 9. The molecule has 0 bridgehead atoms. The maximum Gasteiger partial charge on any atom is 0.338 e. The van der Waals surface area contributed by atoms with Crippen molar-refractivity contribution in [3.63, 3.8) is 0 Å². The van der Waals surface area contributed by atoms with Crippen molar-refractivity contribution in [2.24, 2.45) is 16.8 Å². The van der Waals surface area contributed by atoms with E-state index in [1.54, 1.807) is 38.4 Å². The predicted octanol–water partition coefficient (Wildman–Crippen LogP) is 3.39. The molecule has 10 nitrogen and oxygen atoms in total. The molecule has 4 atom stereocenters. The summed E-state index contributed by atoms with van der Waals surface area (Å²) in [4.78, 5) is 50.1. The molecule has 1 aromatic heterocycles. The second kappa shape index (κ2) is 12.1. The standard InChI is InChI=1S/C29H32F3N5O5S/c1-4-16(27(39)40)11-36-12-18-23(26(36)38)37(14-29(18,31)32)13-20-21(28(41)42-5-2)22(17-7-6-8-19(30)15(17)3)35-24(34-20)25-33-9-10-43-25/h6-10,16,18,22-23H,4-5,11-14H2,1-3H3,(H,34,35)(H,39,40)/t16?,18-,22+,23-/m1/s1. The molecule has 0 saturated carbocycles. The molecule has 1 aromatic carbocycles. The van der Waals surface area contributed by atoms with E-state index in [-0.39, 0.29) is 55.3 Å². The van der Waals surface area contributed by atoms with E-state index in [9.17, 15) is 23.9 Å². The quantitative estimate of drug-likeness (QED) is 0.388. The largest absolute Gasteiger partial charge is 0.481 e. The van der Waals surface area contributed by atoms with Crippen LogP contribution in [0.4, 0.5) is 13.2 Å². The van der Waals surface area contributed by atoms with Gasteiger partial charge in [0.2, 0.25) is 5.91 Å². The third-order valence-electron chi connectivity index (χ3n) is 8.22. The molecule has 14 heteroatoms. The number of hydrogen-bond donors (Lipinski definition) is 2. The molecule has 5 rings (SSSR count). The maximum atomic E-state index is 15.4. The Morgan fingerprint density at radius 2 is 2.07 bits per heavy atom. The number of aromatic nitrogens is 1. The third-order valence-corrected chi connectivity index (χ3v) is 9.00. The summed E-state index contributed by atoms with van der Waals surface area (Å²) in [5, 5.41) is 14.8. The highest BCUT2D eigenvalue weighted by Gasteiger charge is 2.62. The number of likely N-dealkylation sites (tertiary alicyclic amines) is 2. The van der Waals surface area contributed by atoms with Crippen molar-refractivity contribution in [2.75, 3.05) is 32.8 Å². The van der Waals surface area contributed by atoms with Gasteiger partial charge in [-0.2, -0.15) is 0 Å². The number of thiazole rings is 1. The molecular formula is C29H32F3N5O5S. The summed E-state index contributed by atoms with van der Waals surface area (Å²) in [5.74, 6) is -8.15. The molecule has 2 N–H and O–H groups in total. The van der Waals surface area contributed by atoms with Crippen LogP contribution in [-0.2, 0) is 19.1 Å². The van der Waals surface area contributed by atoms with Crippen molar-refractivity contribution in [3.05, 3.63) is 63.0 Å². The minimum atomic E-state index is -3.25. The van der Waals surface area contributed by atoms with E-state index < -0.39 is 60.0 Å². The normalized spacial score (nSPS) is 24.0. The molecule has 2 fully saturated rings. The number of rotatable bonds is 10. The number of nitrogens with zero attached hydrogens (tertiary/aromatic N) is 4. The third kappa shape index (κ3) is 5.77. The topological polar surface area (TPSA) is 124 Å². The Hall–Kier alpha value is -3.78. The Labute approximate surface area is 250 Å². The smallest absolute Gasteiger partial charge is 0.338 e. The number of carbonyl (C=O) groups is 3. The molecule has 3 aliphatic rings. The van der Waals surface area contributed by atoms with Crippen LogP contribution in [0.1, 0.15) is 42.4 Å². The molecule has 0 spiro atoms. The second-order valence-corrected chi connectivity index (χ2v) is 11.7. The van der Waals surface area contributed by atoms with E-state index in [4.69, 9.17) is 9.73 Å². The van der Waals surface area contributed by atoms with Crippen molar-refractivity contribution in [2.45, 2.75) is 45.2 Å². The molecule has 0 radical (unpaired) electrons. The first-order chi connectivity index (χ1) is 20.5. The number of benzene rings is 1. The van der Waals surface area contributed by atoms with Gasteiger partial charge in [-0.05, 0) is 37.5 Å². The van der Waals surface area contributed by atoms with Gasteiger partial charge in [-0.15, -0.1) is 11.3 Å². The molecule has 2 aromatic rings. The number of carboxylic acid groups (broad SMARTS) is 1. The fraction of sp³-hybridized carbons (Fsp3) is 0.483. The van der Waals surface area contributed by atoms with Crippen LogP contribution in [0.15, 0.2) is 46.0 Å². The van der Waals surface area contributed by atoms with Gasteiger partial charge in [0.25, 0.3) is 5.92 Å². The van der Waals surface area contributed by atoms with Crippen LogP contribution in [0.3, 0.4) is 0 Å². The number of carbonyl (C=O) groups excluding carboxylic acids is 2. The summed E-state index contributed by atoms with van der Waals surface area (Å²) in [5.41, 5.74) is 0.855. The number of esters is 1. The number of amidine groups is 1. The molecule has 1 amide bonds. The number of carboxylic acids is 1. The molecule has 1 unspecified atom stereocenters. The van der Waals surface area contributed by atoms with E-state index in [0.29, 0.717) is 10.6 Å². The molecule has 3 aliphatic heterocycles. The number of fused-ring (bicyclic) bond motifs is 1. The highest BCUT2D eigenvalue weighted by Crippen LogP contribution is 2.44. The van der Waals surface area contributed by atoms with Crippen molar-refractivity contribution in [1.82, 2.24) is 20.1 Å². The SMILES string of the molecule is CCOC(=O)C1=C(CN2CC(F)(F)[C@@H]3CN(CC(CC)C(=O)O)C(=O)[C@@H]32)NC(c2nccs2)=N[C@H]1c1cccc(F)c1C. The van der Waals surface area contributed by atoms with Gasteiger partial charge >= 0.3 is 11.9 Å². The van der Waals surface area contributed by atoms with Gasteiger partial charge in [0.15, 0.2) is 10.8 Å². The minimum absolute atomic E-state index is 0.0156. The van der Waals surface area contributed by atoms with Gasteiger partial charge in [-0.1, -0.05) is 19.1 Å². The maximum absolute atomic E-state index is 15.4. The highest BCUT2D eigenvalue weighted by molar-refractivity contribution is 7.11. The lowest BCUT2D eigenvalue weighted by molar-refractivity contribution is -0.143. The number of halogens is 3. The lowest BCUT2D eigenvalue weighted by Crippen LogP contribution is -2.46. The summed E-state index contributed by atoms with van der Waals surface area (Å²) < 4.78 is 50.9. The van der Waals surface area contributed by atoms with Crippen molar-refractivity contribution in [3.8, 4) is 0 Å². The van der Waals surface area contributed by atoms with Gasteiger partial charge < -0.3 is 20.1 Å². The molecule has 2 saturated heterocycles. The predicted molar refractivity (Wildman–Crippen MR) is 151 cm³/mol. The van der Waals surface area contributed by atoms with Crippen LogP contribution >= 0.6 is 11.3 Å². The highest BCUT2D eigenvalue weighted by atomic mass is 32.1. The average Bonchev–Trinajstić information content (AvgIpc) is 3.66. The van der Waals surface area contributed by atoms with Gasteiger partial charge in [-0.3, -0.25) is 19.5 Å². The summed E-state index contributed by atoms with van der Waals surface area (Å²) in [6.45, 7) is 3.42. The first-order valence-electron chi connectivity index (χ1n) is 14.0. The first-order valence-corrected chi connectivity index (χ1v) is 14.9. The van der Waals surface area contributed by atoms with E-state index in [2.05, 4.69) is 10.3 Å². The number of aliphatic carboxylic acids is 1. The summed E-state index contributed by atoms with van der Waals surface area (Å²) in [6, 6.07) is 2.16. The second-order valence-electron chi connectivity index (χ2n) is 10.8. The first kappa shape index (κ1) is 30.7. The van der Waals surface area contributed by atoms with Crippen LogP contribution in [0.25, 0.3) is 0 Å². The summed E-state index contributed by atoms with van der Waals surface area (Å²) in [6.07, 6.45) is 1.81. The van der Waals surface area contributed by atoms with Crippen molar-refractivity contribution in [1.29, 1.82) is 0 Å². The van der Waals surface area contributed by atoms with E-state index >= 15 is 8.78 Å². The van der Waals surface area contributed by atoms with Crippen LogP contribution in [0.5, 0.6) is 0 Å². The number of nitrogens with one attached hydrogen (secondary N) is 1. The number of ether oxygens (including phenoxy) is 1. The fourth-order valence-electron chi connectivity index (χ4n) is 5.98. The van der Waals surface area contributed by atoms with Crippen LogP contribution < -0.4 is 5.32 Å². The van der Waals surface area contributed by atoms with Crippen molar-refractivity contribution >= 4 is 35.0 Å². The Morgan fingerprint density at radius 3 is 2.72 bits per heavy atom. The average molecular weight is 620 g/mol. The van der Waals surface area contributed by atoms with E-state index in [0.717, 1.165) is 0 Å².